The van der Waals surface area contributed by atoms with Crippen LogP contribution in [0.5, 0.6) is 0 Å². The lowest BCUT2D eigenvalue weighted by atomic mass is 10.1. The zero-order valence-electron chi connectivity index (χ0n) is 22.1. The van der Waals surface area contributed by atoms with E-state index in [9.17, 15) is 18.0 Å². The standard InChI is InChI=1S/C29H34ClN3O4S/c1-5-22(3)31-29(35)23(4)32(19-24-11-7-6-8-12-24)28(34)20-33(27-14-10-9-13-26(27)30)38(36,37)25-17-15-21(2)16-18-25/h6-18,22-23H,5,19-20H2,1-4H3,(H,31,35)/t22-,23-/m0/s1. The lowest BCUT2D eigenvalue weighted by molar-refractivity contribution is -0.139. The molecular weight excluding hydrogens is 522 g/mol. The molecule has 202 valence electrons. The SMILES string of the molecule is CC[C@H](C)NC(=O)[C@H](C)N(Cc1ccccc1)C(=O)CN(c1ccccc1Cl)S(=O)(=O)c1ccc(C)cc1. The van der Waals surface area contributed by atoms with Crippen molar-refractivity contribution in [1.82, 2.24) is 10.2 Å². The Hall–Kier alpha value is -3.36. The first kappa shape index (κ1) is 29.2. The maximum Gasteiger partial charge on any atom is 0.264 e. The molecule has 3 rings (SSSR count). The molecule has 0 spiro atoms. The maximum absolute atomic E-state index is 13.9. The number of amides is 2. The van der Waals surface area contributed by atoms with Crippen LogP contribution in [0.15, 0.2) is 83.8 Å². The van der Waals surface area contributed by atoms with E-state index in [-0.39, 0.29) is 34.1 Å². The van der Waals surface area contributed by atoms with Crippen LogP contribution in [0.2, 0.25) is 5.02 Å². The summed E-state index contributed by atoms with van der Waals surface area (Å²) in [5.41, 5.74) is 1.90. The van der Waals surface area contributed by atoms with Crippen molar-refractivity contribution < 1.29 is 18.0 Å². The number of carbonyl (C=O) groups is 2. The number of rotatable bonds is 11. The van der Waals surface area contributed by atoms with E-state index in [1.165, 1.54) is 17.0 Å². The van der Waals surface area contributed by atoms with Crippen LogP contribution in [0.4, 0.5) is 5.69 Å². The topological polar surface area (TPSA) is 86.8 Å². The van der Waals surface area contributed by atoms with Crippen molar-refractivity contribution in [1.29, 1.82) is 0 Å². The molecule has 1 N–H and O–H groups in total. The predicted molar refractivity (Wildman–Crippen MR) is 152 cm³/mol. The lowest BCUT2D eigenvalue weighted by Gasteiger charge is -2.32. The molecule has 0 aromatic heterocycles. The fourth-order valence-corrected chi connectivity index (χ4v) is 5.55. The van der Waals surface area contributed by atoms with Crippen molar-refractivity contribution in [3.63, 3.8) is 0 Å². The zero-order valence-corrected chi connectivity index (χ0v) is 23.7. The summed E-state index contributed by atoms with van der Waals surface area (Å²) in [6, 6.07) is 21.2. The van der Waals surface area contributed by atoms with Gasteiger partial charge in [-0.15, -0.1) is 0 Å². The van der Waals surface area contributed by atoms with Gasteiger partial charge in [0.15, 0.2) is 0 Å². The lowest BCUT2D eigenvalue weighted by Crippen LogP contribution is -2.52. The summed E-state index contributed by atoms with van der Waals surface area (Å²) in [7, 11) is -4.16. The van der Waals surface area contributed by atoms with E-state index in [1.54, 1.807) is 43.3 Å². The molecule has 9 heteroatoms. The van der Waals surface area contributed by atoms with Crippen molar-refractivity contribution in [2.45, 2.75) is 57.6 Å². The van der Waals surface area contributed by atoms with Gasteiger partial charge in [-0.2, -0.15) is 0 Å². The summed E-state index contributed by atoms with van der Waals surface area (Å²) < 4.78 is 28.6. The summed E-state index contributed by atoms with van der Waals surface area (Å²) in [5, 5.41) is 3.11. The number of benzene rings is 3. The minimum atomic E-state index is -4.16. The number of aryl methyl sites for hydroxylation is 1. The second-order valence-corrected chi connectivity index (χ2v) is 11.5. The van der Waals surface area contributed by atoms with E-state index < -0.39 is 28.5 Å². The molecular formula is C29H34ClN3O4S. The van der Waals surface area contributed by atoms with E-state index >= 15 is 0 Å². The molecule has 0 saturated heterocycles. The first-order valence-electron chi connectivity index (χ1n) is 12.5. The second-order valence-electron chi connectivity index (χ2n) is 9.28. The molecule has 0 bridgehead atoms. The molecule has 0 aliphatic carbocycles. The largest absolute Gasteiger partial charge is 0.352 e. The normalized spacial score (nSPS) is 12.9. The van der Waals surface area contributed by atoms with E-state index in [4.69, 9.17) is 11.6 Å². The van der Waals surface area contributed by atoms with Gasteiger partial charge in [0.2, 0.25) is 11.8 Å². The van der Waals surface area contributed by atoms with Gasteiger partial charge in [0.05, 0.1) is 15.6 Å². The zero-order chi connectivity index (χ0) is 27.9. The van der Waals surface area contributed by atoms with Gasteiger partial charge in [0.25, 0.3) is 10.0 Å². The Morgan fingerprint density at radius 2 is 1.53 bits per heavy atom. The summed E-state index contributed by atoms with van der Waals surface area (Å²) in [5.74, 6) is -0.842. The molecule has 38 heavy (non-hydrogen) atoms. The number of carbonyl (C=O) groups excluding carboxylic acids is 2. The number of sulfonamides is 1. The molecule has 0 fully saturated rings. The highest BCUT2D eigenvalue weighted by Crippen LogP contribution is 2.30. The molecule has 3 aromatic rings. The number of hydrogen-bond acceptors (Lipinski definition) is 4. The van der Waals surface area contributed by atoms with Gasteiger partial charge in [-0.3, -0.25) is 13.9 Å². The Kier molecular flexibility index (Phi) is 9.94. The van der Waals surface area contributed by atoms with Crippen LogP contribution in [0.3, 0.4) is 0 Å². The average molecular weight is 556 g/mol. The van der Waals surface area contributed by atoms with Crippen molar-refractivity contribution in [3.05, 3.63) is 95.0 Å². The van der Waals surface area contributed by atoms with Crippen molar-refractivity contribution in [2.75, 3.05) is 10.8 Å². The van der Waals surface area contributed by atoms with Gasteiger partial charge in [0, 0.05) is 12.6 Å². The number of nitrogens with zero attached hydrogens (tertiary/aromatic N) is 2. The van der Waals surface area contributed by atoms with Crippen LogP contribution in [-0.2, 0) is 26.2 Å². The smallest absolute Gasteiger partial charge is 0.264 e. The first-order valence-corrected chi connectivity index (χ1v) is 14.3. The number of para-hydroxylation sites is 1. The van der Waals surface area contributed by atoms with Gasteiger partial charge in [-0.05, 0) is 57.0 Å². The molecule has 0 aliphatic heterocycles. The van der Waals surface area contributed by atoms with Gasteiger partial charge in [-0.25, -0.2) is 8.42 Å². The number of halogens is 1. The van der Waals surface area contributed by atoms with Gasteiger partial charge in [0.1, 0.15) is 12.6 Å². The average Bonchev–Trinajstić information content (AvgIpc) is 2.91. The van der Waals surface area contributed by atoms with Crippen LogP contribution >= 0.6 is 11.6 Å². The van der Waals surface area contributed by atoms with Crippen LogP contribution in [0, 0.1) is 6.92 Å². The number of nitrogens with one attached hydrogen (secondary N) is 1. The Labute approximate surface area is 230 Å². The van der Waals surface area contributed by atoms with Crippen LogP contribution < -0.4 is 9.62 Å². The Morgan fingerprint density at radius 1 is 0.921 bits per heavy atom. The minimum absolute atomic E-state index is 0.0352. The molecule has 3 aromatic carbocycles. The summed E-state index contributed by atoms with van der Waals surface area (Å²) in [4.78, 5) is 28.4. The predicted octanol–water partition coefficient (Wildman–Crippen LogP) is 5.18. The van der Waals surface area contributed by atoms with Crippen molar-refractivity contribution in [2.24, 2.45) is 0 Å². The van der Waals surface area contributed by atoms with E-state index in [0.717, 1.165) is 21.9 Å². The van der Waals surface area contributed by atoms with Crippen LogP contribution in [0.25, 0.3) is 0 Å². The Morgan fingerprint density at radius 3 is 2.13 bits per heavy atom. The summed E-state index contributed by atoms with van der Waals surface area (Å²) in [6.07, 6.45) is 0.736. The van der Waals surface area contributed by atoms with E-state index in [2.05, 4.69) is 5.32 Å². The highest BCUT2D eigenvalue weighted by molar-refractivity contribution is 7.92. The second kappa shape index (κ2) is 12.9. The van der Waals surface area contributed by atoms with E-state index in [1.807, 2.05) is 51.1 Å². The molecule has 0 unspecified atom stereocenters. The number of anilines is 1. The quantitative estimate of drug-likeness (QED) is 0.353. The Bertz CT molecular complexity index is 1350. The molecule has 0 radical (unpaired) electrons. The number of hydrogen-bond donors (Lipinski definition) is 1. The third kappa shape index (κ3) is 7.14. The highest BCUT2D eigenvalue weighted by atomic mass is 35.5. The van der Waals surface area contributed by atoms with Gasteiger partial charge in [-0.1, -0.05) is 78.7 Å². The summed E-state index contributed by atoms with van der Waals surface area (Å²) >= 11 is 6.42. The maximum atomic E-state index is 13.9. The fourth-order valence-electron chi connectivity index (χ4n) is 3.83. The summed E-state index contributed by atoms with van der Waals surface area (Å²) in [6.45, 7) is 6.95. The molecule has 2 atom stereocenters. The van der Waals surface area contributed by atoms with Gasteiger partial charge >= 0.3 is 0 Å². The molecule has 2 amide bonds. The fraction of sp³-hybridized carbons (Fsp3) is 0.310. The Balaban J connectivity index is 2.02. The third-order valence-corrected chi connectivity index (χ3v) is 8.47. The van der Waals surface area contributed by atoms with E-state index in [0.29, 0.717) is 0 Å². The molecule has 0 heterocycles. The molecule has 7 nitrogen and oxygen atoms in total. The molecule has 0 aliphatic rings. The molecule has 0 saturated carbocycles. The van der Waals surface area contributed by atoms with Crippen molar-refractivity contribution in [3.8, 4) is 0 Å². The monoisotopic (exact) mass is 555 g/mol. The first-order chi connectivity index (χ1) is 18.0. The third-order valence-electron chi connectivity index (χ3n) is 6.37. The van der Waals surface area contributed by atoms with Crippen LogP contribution in [0.1, 0.15) is 38.3 Å². The van der Waals surface area contributed by atoms with Crippen LogP contribution in [-0.4, -0.2) is 43.8 Å². The minimum Gasteiger partial charge on any atom is -0.352 e. The highest BCUT2D eigenvalue weighted by Gasteiger charge is 2.33. The van der Waals surface area contributed by atoms with Crippen molar-refractivity contribution >= 4 is 39.1 Å². The van der Waals surface area contributed by atoms with Gasteiger partial charge < -0.3 is 10.2 Å².